The van der Waals surface area contributed by atoms with Crippen LogP contribution in [0.3, 0.4) is 0 Å². The molecule has 0 atom stereocenters. The summed E-state index contributed by atoms with van der Waals surface area (Å²) in [5.41, 5.74) is 7.72. The topological polar surface area (TPSA) is 69.4 Å². The highest BCUT2D eigenvalue weighted by molar-refractivity contribution is 6.18. The van der Waals surface area contributed by atoms with Gasteiger partial charge in [-0.3, -0.25) is 0 Å². The second-order valence-corrected chi connectivity index (χ2v) is 11.5. The standard InChI is InChI=1S/C41H26N6/c1-4-11-28(12-5-1)39-42-40(29-13-6-2-7-14-29)44-41(43-39)33-16-10-15-30(26-33)31-21-23-35-32(25-31)20-19-27-22-24-36-38(37(27)35)46-47(45-36)34-17-8-3-9-18-34/h1-26H. The minimum atomic E-state index is 0.634. The van der Waals surface area contributed by atoms with Crippen LogP contribution in [-0.2, 0) is 0 Å². The molecule has 0 aliphatic carbocycles. The van der Waals surface area contributed by atoms with Crippen LogP contribution >= 0.6 is 0 Å². The number of rotatable bonds is 5. The molecule has 7 aromatic carbocycles. The molecule has 0 aliphatic heterocycles. The van der Waals surface area contributed by atoms with Gasteiger partial charge in [-0.15, -0.1) is 10.2 Å². The van der Waals surface area contributed by atoms with Crippen molar-refractivity contribution in [2.24, 2.45) is 0 Å². The van der Waals surface area contributed by atoms with Crippen LogP contribution in [0.2, 0.25) is 0 Å². The number of hydrogen-bond donors (Lipinski definition) is 0. The van der Waals surface area contributed by atoms with E-state index < -0.39 is 0 Å². The van der Waals surface area contributed by atoms with Gasteiger partial charge >= 0.3 is 0 Å². The number of nitrogens with zero attached hydrogens (tertiary/aromatic N) is 6. The summed E-state index contributed by atoms with van der Waals surface area (Å²) in [6.45, 7) is 0. The molecule has 0 saturated carbocycles. The number of benzene rings is 7. The normalized spacial score (nSPS) is 11.4. The lowest BCUT2D eigenvalue weighted by Crippen LogP contribution is -2.00. The van der Waals surface area contributed by atoms with E-state index in [-0.39, 0.29) is 0 Å². The van der Waals surface area contributed by atoms with Crippen LogP contribution in [0.15, 0.2) is 158 Å². The average molecular weight is 603 g/mol. The third-order valence-corrected chi connectivity index (χ3v) is 8.49. The Bertz CT molecular complexity index is 2500. The van der Waals surface area contributed by atoms with E-state index in [1.165, 1.54) is 0 Å². The fraction of sp³-hybridized carbons (Fsp3) is 0. The van der Waals surface area contributed by atoms with E-state index in [0.29, 0.717) is 17.5 Å². The Hall–Kier alpha value is -6.53. The maximum Gasteiger partial charge on any atom is 0.164 e. The van der Waals surface area contributed by atoms with Crippen LogP contribution in [0.5, 0.6) is 0 Å². The van der Waals surface area contributed by atoms with E-state index in [4.69, 9.17) is 25.1 Å². The maximum absolute atomic E-state index is 4.93. The predicted octanol–water partition coefficient (Wildman–Crippen LogP) is 9.58. The minimum Gasteiger partial charge on any atom is -0.208 e. The van der Waals surface area contributed by atoms with Gasteiger partial charge in [0.25, 0.3) is 0 Å². The highest BCUT2D eigenvalue weighted by Crippen LogP contribution is 2.34. The van der Waals surface area contributed by atoms with Crippen LogP contribution in [-0.4, -0.2) is 29.9 Å². The van der Waals surface area contributed by atoms with E-state index in [1.54, 1.807) is 4.80 Å². The van der Waals surface area contributed by atoms with Gasteiger partial charge in [0.05, 0.1) is 5.69 Å². The van der Waals surface area contributed by atoms with Crippen LogP contribution < -0.4 is 0 Å². The van der Waals surface area contributed by atoms with Crippen LogP contribution in [0, 0.1) is 0 Å². The highest BCUT2D eigenvalue weighted by Gasteiger charge is 2.15. The molecule has 47 heavy (non-hydrogen) atoms. The molecule has 0 amide bonds. The van der Waals surface area contributed by atoms with Gasteiger partial charge in [0.1, 0.15) is 11.0 Å². The fourth-order valence-electron chi connectivity index (χ4n) is 6.16. The maximum atomic E-state index is 4.93. The summed E-state index contributed by atoms with van der Waals surface area (Å²) < 4.78 is 0. The van der Waals surface area contributed by atoms with E-state index >= 15 is 0 Å². The average Bonchev–Trinajstić information content (AvgIpc) is 3.60. The molecule has 6 nitrogen and oxygen atoms in total. The number of aromatic nitrogens is 6. The largest absolute Gasteiger partial charge is 0.208 e. The molecule has 220 valence electrons. The van der Waals surface area contributed by atoms with Crippen molar-refractivity contribution in [1.29, 1.82) is 0 Å². The van der Waals surface area contributed by atoms with Crippen LogP contribution in [0.4, 0.5) is 0 Å². The molecular formula is C41H26N6. The molecule has 0 fully saturated rings. The molecule has 0 spiro atoms. The molecule has 0 aliphatic rings. The minimum absolute atomic E-state index is 0.634. The lowest BCUT2D eigenvalue weighted by molar-refractivity contribution is 0.766. The molecule has 0 saturated heterocycles. The van der Waals surface area contributed by atoms with Crippen molar-refractivity contribution >= 4 is 32.6 Å². The molecular weight excluding hydrogens is 576 g/mol. The lowest BCUT2D eigenvalue weighted by Gasteiger charge is -2.10. The van der Waals surface area contributed by atoms with Crippen molar-refractivity contribution in [2.45, 2.75) is 0 Å². The summed E-state index contributed by atoms with van der Waals surface area (Å²) in [5.74, 6) is 1.93. The van der Waals surface area contributed by atoms with E-state index in [1.807, 2.05) is 97.1 Å². The third-order valence-electron chi connectivity index (χ3n) is 8.49. The zero-order valence-corrected chi connectivity index (χ0v) is 25.2. The summed E-state index contributed by atoms with van der Waals surface area (Å²) in [7, 11) is 0. The van der Waals surface area contributed by atoms with Gasteiger partial charge in [-0.1, -0.05) is 127 Å². The number of hydrogen-bond acceptors (Lipinski definition) is 5. The van der Waals surface area contributed by atoms with Crippen molar-refractivity contribution in [3.63, 3.8) is 0 Å². The molecule has 2 aromatic heterocycles. The van der Waals surface area contributed by atoms with Gasteiger partial charge in [-0.2, -0.15) is 4.80 Å². The van der Waals surface area contributed by atoms with Crippen LogP contribution in [0.25, 0.3) is 83.6 Å². The Morgan fingerprint density at radius 3 is 1.64 bits per heavy atom. The quantitative estimate of drug-likeness (QED) is 0.184. The summed E-state index contributed by atoms with van der Waals surface area (Å²) in [4.78, 5) is 16.4. The Morgan fingerprint density at radius 2 is 0.936 bits per heavy atom. The second kappa shape index (κ2) is 11.1. The van der Waals surface area contributed by atoms with Gasteiger partial charge in [-0.05, 0) is 57.6 Å². The predicted molar refractivity (Wildman–Crippen MR) is 189 cm³/mol. The van der Waals surface area contributed by atoms with Crippen LogP contribution in [0.1, 0.15) is 0 Å². The SMILES string of the molecule is c1ccc(-c2nc(-c3ccccc3)nc(-c3cccc(-c4ccc5c(ccc6ccc7nn(-c8ccccc8)nc7c65)c4)c3)n2)cc1. The zero-order valence-electron chi connectivity index (χ0n) is 25.2. The molecule has 0 radical (unpaired) electrons. The molecule has 0 N–H and O–H groups in total. The molecule has 0 unspecified atom stereocenters. The first-order chi connectivity index (χ1) is 23.3. The lowest BCUT2D eigenvalue weighted by atomic mass is 9.96. The van der Waals surface area contributed by atoms with Crippen molar-refractivity contribution in [2.75, 3.05) is 0 Å². The summed E-state index contributed by atoms with van der Waals surface area (Å²) in [6, 6.07) is 53.7. The summed E-state index contributed by atoms with van der Waals surface area (Å²) in [6.07, 6.45) is 0. The van der Waals surface area contributed by atoms with Gasteiger partial charge in [0.15, 0.2) is 17.5 Å². The Morgan fingerprint density at radius 1 is 0.383 bits per heavy atom. The monoisotopic (exact) mass is 602 g/mol. The van der Waals surface area contributed by atoms with Gasteiger partial charge in [-0.25, -0.2) is 15.0 Å². The molecule has 6 heteroatoms. The number of para-hydroxylation sites is 1. The fourth-order valence-corrected chi connectivity index (χ4v) is 6.16. The highest BCUT2D eigenvalue weighted by atomic mass is 15.5. The first kappa shape index (κ1) is 26.8. The van der Waals surface area contributed by atoms with Crippen molar-refractivity contribution in [3.05, 3.63) is 158 Å². The van der Waals surface area contributed by atoms with Crippen molar-refractivity contribution in [1.82, 2.24) is 29.9 Å². The smallest absolute Gasteiger partial charge is 0.164 e. The Balaban J connectivity index is 1.15. The van der Waals surface area contributed by atoms with Crippen molar-refractivity contribution < 1.29 is 0 Å². The van der Waals surface area contributed by atoms with E-state index in [0.717, 1.165) is 66.1 Å². The van der Waals surface area contributed by atoms with E-state index in [2.05, 4.69) is 60.7 Å². The summed E-state index contributed by atoms with van der Waals surface area (Å²) in [5, 5.41) is 14.2. The zero-order chi connectivity index (χ0) is 31.2. The number of fused-ring (bicyclic) bond motifs is 5. The first-order valence-electron chi connectivity index (χ1n) is 15.5. The molecule has 2 heterocycles. The third kappa shape index (κ3) is 4.89. The van der Waals surface area contributed by atoms with Gasteiger partial charge < -0.3 is 0 Å². The summed E-state index contributed by atoms with van der Waals surface area (Å²) >= 11 is 0. The second-order valence-electron chi connectivity index (χ2n) is 11.5. The molecule has 0 bridgehead atoms. The van der Waals surface area contributed by atoms with Crippen molar-refractivity contribution in [3.8, 4) is 51.0 Å². The first-order valence-corrected chi connectivity index (χ1v) is 15.5. The molecule has 9 rings (SSSR count). The van der Waals surface area contributed by atoms with Gasteiger partial charge in [0, 0.05) is 22.1 Å². The molecule has 9 aromatic rings. The Labute approximate surface area is 270 Å². The van der Waals surface area contributed by atoms with E-state index in [9.17, 15) is 0 Å². The van der Waals surface area contributed by atoms with Gasteiger partial charge in [0.2, 0.25) is 0 Å². The Kier molecular flexibility index (Phi) is 6.35.